The molecule has 1 amide bonds. The highest BCUT2D eigenvalue weighted by molar-refractivity contribution is 7.89. The second kappa shape index (κ2) is 8.62. The second-order valence-corrected chi connectivity index (χ2v) is 10.2. The highest BCUT2D eigenvalue weighted by Crippen LogP contribution is 2.35. The van der Waals surface area contributed by atoms with E-state index in [1.54, 1.807) is 24.3 Å². The molecule has 0 bridgehead atoms. The van der Waals surface area contributed by atoms with Crippen LogP contribution in [0.25, 0.3) is 0 Å². The molecular formula is C21H32N4O3S. The molecule has 4 rings (SSSR count). The first-order chi connectivity index (χ1) is 13.9. The van der Waals surface area contributed by atoms with Gasteiger partial charge in [0, 0.05) is 44.5 Å². The van der Waals surface area contributed by atoms with Crippen LogP contribution in [0.2, 0.25) is 0 Å². The monoisotopic (exact) mass is 420 g/mol. The summed E-state index contributed by atoms with van der Waals surface area (Å²) >= 11 is 0. The first-order valence-corrected chi connectivity index (χ1v) is 12.4. The third kappa shape index (κ3) is 4.75. The van der Waals surface area contributed by atoms with Crippen molar-refractivity contribution in [2.75, 3.05) is 44.2 Å². The largest absolute Gasteiger partial charge is 0.369 e. The van der Waals surface area contributed by atoms with Gasteiger partial charge in [-0.3, -0.25) is 9.69 Å². The van der Waals surface area contributed by atoms with Crippen molar-refractivity contribution < 1.29 is 13.2 Å². The molecular weight excluding hydrogens is 388 g/mol. The van der Waals surface area contributed by atoms with Crippen LogP contribution in [0.3, 0.4) is 0 Å². The highest BCUT2D eigenvalue weighted by Gasteiger charge is 2.36. The number of nitrogens with zero attached hydrogens (tertiary/aromatic N) is 3. The molecule has 2 N–H and O–H groups in total. The van der Waals surface area contributed by atoms with Crippen LogP contribution in [-0.4, -0.2) is 69.4 Å². The van der Waals surface area contributed by atoms with Gasteiger partial charge in [-0.15, -0.1) is 0 Å². The Morgan fingerprint density at radius 3 is 2.28 bits per heavy atom. The number of nitrogens with two attached hydrogens (primary N) is 1. The van der Waals surface area contributed by atoms with Gasteiger partial charge in [-0.1, -0.05) is 12.8 Å². The fraction of sp³-hybridized carbons (Fsp3) is 0.667. The fourth-order valence-corrected chi connectivity index (χ4v) is 5.74. The summed E-state index contributed by atoms with van der Waals surface area (Å²) in [6, 6.07) is 7.19. The third-order valence-corrected chi connectivity index (χ3v) is 7.75. The molecule has 0 spiro atoms. The number of primary sulfonamides is 1. The molecule has 0 radical (unpaired) electrons. The van der Waals surface area contributed by atoms with Crippen LogP contribution in [-0.2, 0) is 14.8 Å². The molecule has 3 fully saturated rings. The smallest absolute Gasteiger partial charge is 0.238 e. The summed E-state index contributed by atoms with van der Waals surface area (Å²) in [5.74, 6) is 1.02. The Morgan fingerprint density at radius 2 is 1.59 bits per heavy atom. The summed E-state index contributed by atoms with van der Waals surface area (Å²) in [6.07, 6.45) is 7.49. The molecule has 2 atom stereocenters. The van der Waals surface area contributed by atoms with Crippen molar-refractivity contribution >= 4 is 21.6 Å². The number of carbonyl (C=O) groups excluding carboxylic acids is 1. The molecule has 2 unspecified atom stereocenters. The number of likely N-dealkylation sites (tertiary alicyclic amines) is 1. The van der Waals surface area contributed by atoms with E-state index in [2.05, 4.69) is 14.7 Å². The minimum Gasteiger partial charge on any atom is -0.369 e. The summed E-state index contributed by atoms with van der Waals surface area (Å²) < 4.78 is 22.8. The molecule has 3 aliphatic rings. The van der Waals surface area contributed by atoms with E-state index in [0.717, 1.165) is 50.7 Å². The molecule has 2 saturated heterocycles. The SMILES string of the molecule is NS(=O)(=O)c1ccc(N2CCN(CC(=O)N3CCCC4CCCCC43)CC2)cc1. The number of sulfonamides is 1. The molecule has 29 heavy (non-hydrogen) atoms. The highest BCUT2D eigenvalue weighted by atomic mass is 32.2. The van der Waals surface area contributed by atoms with Crippen LogP contribution < -0.4 is 10.0 Å². The molecule has 160 valence electrons. The number of piperazine rings is 1. The fourth-order valence-electron chi connectivity index (χ4n) is 5.23. The Morgan fingerprint density at radius 1 is 0.931 bits per heavy atom. The number of rotatable bonds is 4. The molecule has 0 aromatic heterocycles. The molecule has 1 saturated carbocycles. The molecule has 7 nitrogen and oxygen atoms in total. The van der Waals surface area contributed by atoms with Crippen molar-refractivity contribution in [3.8, 4) is 0 Å². The van der Waals surface area contributed by atoms with Crippen LogP contribution in [0, 0.1) is 5.92 Å². The van der Waals surface area contributed by atoms with E-state index in [1.165, 1.54) is 32.1 Å². The first kappa shape index (κ1) is 20.6. The van der Waals surface area contributed by atoms with Gasteiger partial charge in [-0.25, -0.2) is 13.6 Å². The summed E-state index contributed by atoms with van der Waals surface area (Å²) in [5, 5.41) is 5.17. The quantitative estimate of drug-likeness (QED) is 0.800. The summed E-state index contributed by atoms with van der Waals surface area (Å²) in [6.45, 7) is 4.77. The second-order valence-electron chi connectivity index (χ2n) is 8.64. The van der Waals surface area contributed by atoms with Crippen molar-refractivity contribution in [3.63, 3.8) is 0 Å². The van der Waals surface area contributed by atoms with Gasteiger partial charge in [0.15, 0.2) is 0 Å². The van der Waals surface area contributed by atoms with E-state index in [9.17, 15) is 13.2 Å². The minimum absolute atomic E-state index is 0.132. The van der Waals surface area contributed by atoms with Gasteiger partial charge in [0.2, 0.25) is 15.9 Å². The lowest BCUT2D eigenvalue weighted by atomic mass is 9.78. The lowest BCUT2D eigenvalue weighted by Gasteiger charge is -2.45. The summed E-state index contributed by atoms with van der Waals surface area (Å²) in [7, 11) is -3.66. The van der Waals surface area contributed by atoms with E-state index >= 15 is 0 Å². The number of amides is 1. The van der Waals surface area contributed by atoms with Crippen molar-refractivity contribution in [3.05, 3.63) is 24.3 Å². The van der Waals surface area contributed by atoms with Crippen LogP contribution >= 0.6 is 0 Å². The summed E-state index contributed by atoms with van der Waals surface area (Å²) in [4.78, 5) is 19.8. The molecule has 1 aliphatic carbocycles. The molecule has 2 aliphatic heterocycles. The van der Waals surface area contributed by atoms with Gasteiger partial charge in [0.05, 0.1) is 11.4 Å². The zero-order valence-electron chi connectivity index (χ0n) is 17.0. The van der Waals surface area contributed by atoms with Gasteiger partial charge in [0.25, 0.3) is 0 Å². The van der Waals surface area contributed by atoms with E-state index in [0.29, 0.717) is 18.5 Å². The Hall–Kier alpha value is -1.64. The zero-order chi connectivity index (χ0) is 20.4. The number of fused-ring (bicyclic) bond motifs is 1. The average Bonchev–Trinajstić information content (AvgIpc) is 2.73. The molecule has 8 heteroatoms. The number of piperidine rings is 1. The van der Waals surface area contributed by atoms with Gasteiger partial charge < -0.3 is 9.80 Å². The summed E-state index contributed by atoms with van der Waals surface area (Å²) in [5.41, 5.74) is 0.990. The van der Waals surface area contributed by atoms with Crippen molar-refractivity contribution in [2.45, 2.75) is 49.5 Å². The van der Waals surface area contributed by atoms with E-state index < -0.39 is 10.0 Å². The maximum Gasteiger partial charge on any atom is 0.238 e. The Kier molecular flexibility index (Phi) is 6.13. The number of benzene rings is 1. The third-order valence-electron chi connectivity index (χ3n) is 6.83. The van der Waals surface area contributed by atoms with Crippen LogP contribution in [0.4, 0.5) is 5.69 Å². The van der Waals surface area contributed by atoms with E-state index in [4.69, 9.17) is 5.14 Å². The van der Waals surface area contributed by atoms with Crippen LogP contribution in [0.1, 0.15) is 38.5 Å². The topological polar surface area (TPSA) is 87.0 Å². The van der Waals surface area contributed by atoms with Gasteiger partial charge in [0.1, 0.15) is 0 Å². The van der Waals surface area contributed by atoms with Crippen molar-refractivity contribution in [2.24, 2.45) is 11.1 Å². The van der Waals surface area contributed by atoms with E-state index in [1.807, 2.05) is 0 Å². The van der Waals surface area contributed by atoms with Crippen LogP contribution in [0.15, 0.2) is 29.2 Å². The maximum atomic E-state index is 13.0. The Bertz CT molecular complexity index is 817. The number of hydrogen-bond acceptors (Lipinski definition) is 5. The minimum atomic E-state index is -3.66. The number of anilines is 1. The normalized spacial score (nSPS) is 26.2. The van der Waals surface area contributed by atoms with Crippen molar-refractivity contribution in [1.82, 2.24) is 9.80 Å². The first-order valence-electron chi connectivity index (χ1n) is 10.8. The zero-order valence-corrected chi connectivity index (χ0v) is 17.8. The lowest BCUT2D eigenvalue weighted by molar-refractivity contribution is -0.138. The number of carbonyl (C=O) groups is 1. The molecule has 2 heterocycles. The van der Waals surface area contributed by atoms with E-state index in [-0.39, 0.29) is 4.90 Å². The van der Waals surface area contributed by atoms with Gasteiger partial charge in [-0.2, -0.15) is 0 Å². The van der Waals surface area contributed by atoms with Gasteiger partial charge in [-0.05, 0) is 55.9 Å². The Labute approximate surface area is 173 Å². The predicted octanol–water partition coefficient (Wildman–Crippen LogP) is 1.64. The lowest BCUT2D eigenvalue weighted by Crippen LogP contribution is -2.54. The molecule has 1 aromatic carbocycles. The maximum absolute atomic E-state index is 13.0. The van der Waals surface area contributed by atoms with Crippen LogP contribution in [0.5, 0.6) is 0 Å². The standard InChI is InChI=1S/C21H32N4O3S/c22-29(27,28)19-9-7-18(8-10-19)24-14-12-23(13-15-24)16-21(26)25-11-3-5-17-4-1-2-6-20(17)25/h7-10,17,20H,1-6,11-16H2,(H2,22,27,28). The average molecular weight is 421 g/mol. The van der Waals surface area contributed by atoms with Crippen molar-refractivity contribution in [1.29, 1.82) is 0 Å². The predicted molar refractivity (Wildman–Crippen MR) is 113 cm³/mol. The Balaban J connectivity index is 1.30. The number of hydrogen-bond donors (Lipinski definition) is 1. The van der Waals surface area contributed by atoms with Gasteiger partial charge >= 0.3 is 0 Å². The molecule has 1 aromatic rings.